The fourth-order valence-electron chi connectivity index (χ4n) is 3.83. The molecule has 4 heteroatoms. The zero-order chi connectivity index (χ0) is 18.6. The van der Waals surface area contributed by atoms with Crippen LogP contribution in [-0.4, -0.2) is 27.1 Å². The van der Waals surface area contributed by atoms with Crippen molar-refractivity contribution in [3.8, 4) is 5.69 Å². The van der Waals surface area contributed by atoms with Gasteiger partial charge in [0.05, 0.1) is 12.2 Å². The molecule has 1 fully saturated rings. The third-order valence-corrected chi connectivity index (χ3v) is 5.36. The first-order valence-electron chi connectivity index (χ1n) is 9.84. The maximum absolute atomic E-state index is 12.8. The number of hydrogen-bond acceptors (Lipinski definition) is 2. The van der Waals surface area contributed by atoms with Crippen molar-refractivity contribution in [1.82, 2.24) is 14.0 Å². The number of piperidine rings is 1. The average molecular weight is 361 g/mol. The van der Waals surface area contributed by atoms with Crippen LogP contribution < -0.4 is 5.69 Å². The topological polar surface area (TPSA) is 30.2 Å². The molecule has 0 amide bonds. The van der Waals surface area contributed by atoms with Crippen LogP contribution in [0.4, 0.5) is 0 Å². The second-order valence-corrected chi connectivity index (χ2v) is 7.57. The molecular weight excluding hydrogens is 334 g/mol. The molecule has 3 aromatic rings. The minimum Gasteiger partial charge on any atom is -0.299 e. The second kappa shape index (κ2) is 7.97. The van der Waals surface area contributed by atoms with Crippen molar-refractivity contribution in [3.63, 3.8) is 0 Å². The van der Waals surface area contributed by atoms with Gasteiger partial charge in [-0.25, -0.2) is 4.79 Å². The molecule has 0 bridgehead atoms. The van der Waals surface area contributed by atoms with Crippen LogP contribution in [0.25, 0.3) is 5.69 Å². The fourth-order valence-corrected chi connectivity index (χ4v) is 3.83. The lowest BCUT2D eigenvalue weighted by molar-refractivity contribution is 0.221. The Morgan fingerprint density at radius 2 is 1.56 bits per heavy atom. The highest BCUT2D eigenvalue weighted by Gasteiger charge is 2.11. The van der Waals surface area contributed by atoms with E-state index in [0.717, 1.165) is 12.2 Å². The van der Waals surface area contributed by atoms with Crippen molar-refractivity contribution in [2.24, 2.45) is 0 Å². The Bertz CT molecular complexity index is 946. The minimum absolute atomic E-state index is 0.000265. The molecule has 1 aliphatic heterocycles. The predicted molar refractivity (Wildman–Crippen MR) is 109 cm³/mol. The Hall–Kier alpha value is -2.59. The molecular formula is C23H27N3O. The van der Waals surface area contributed by atoms with Crippen LogP contribution in [0.5, 0.6) is 0 Å². The molecule has 2 heterocycles. The number of benzene rings is 2. The van der Waals surface area contributed by atoms with Gasteiger partial charge in [0.25, 0.3) is 0 Å². The van der Waals surface area contributed by atoms with Gasteiger partial charge in [0, 0.05) is 18.9 Å². The van der Waals surface area contributed by atoms with E-state index in [1.54, 1.807) is 9.13 Å². The molecule has 0 spiro atoms. The molecule has 0 radical (unpaired) electrons. The van der Waals surface area contributed by atoms with Crippen molar-refractivity contribution in [2.45, 2.75) is 39.3 Å². The molecule has 1 saturated heterocycles. The molecule has 140 valence electrons. The first-order valence-corrected chi connectivity index (χ1v) is 9.84. The van der Waals surface area contributed by atoms with Crippen LogP contribution in [0.15, 0.2) is 65.7 Å². The van der Waals surface area contributed by atoms with Gasteiger partial charge in [-0.2, -0.15) is 0 Å². The number of likely N-dealkylation sites (tertiary alicyclic amines) is 1. The Kier molecular flexibility index (Phi) is 5.26. The normalized spacial score (nSPS) is 15.1. The first-order chi connectivity index (χ1) is 13.2. The maximum atomic E-state index is 12.8. The first kappa shape index (κ1) is 17.8. The third-order valence-electron chi connectivity index (χ3n) is 5.36. The summed E-state index contributed by atoms with van der Waals surface area (Å²) in [5, 5.41) is 0. The van der Waals surface area contributed by atoms with Gasteiger partial charge in [0.2, 0.25) is 0 Å². The summed E-state index contributed by atoms with van der Waals surface area (Å²) in [7, 11) is 0. The monoisotopic (exact) mass is 361 g/mol. The van der Waals surface area contributed by atoms with E-state index in [1.807, 2.05) is 36.7 Å². The van der Waals surface area contributed by atoms with Crippen LogP contribution in [0, 0.1) is 6.92 Å². The summed E-state index contributed by atoms with van der Waals surface area (Å²) in [6.07, 6.45) is 7.70. The lowest BCUT2D eigenvalue weighted by atomic mass is 10.1. The van der Waals surface area contributed by atoms with Gasteiger partial charge in [0.1, 0.15) is 0 Å². The molecule has 1 aliphatic rings. The summed E-state index contributed by atoms with van der Waals surface area (Å²) in [6, 6.07) is 16.7. The Labute approximate surface area is 160 Å². The van der Waals surface area contributed by atoms with Crippen LogP contribution >= 0.6 is 0 Å². The Morgan fingerprint density at radius 3 is 2.30 bits per heavy atom. The van der Waals surface area contributed by atoms with E-state index >= 15 is 0 Å². The lowest BCUT2D eigenvalue weighted by Gasteiger charge is -2.26. The Morgan fingerprint density at radius 1 is 0.852 bits per heavy atom. The summed E-state index contributed by atoms with van der Waals surface area (Å²) >= 11 is 0. The molecule has 0 N–H and O–H groups in total. The number of hydrogen-bond donors (Lipinski definition) is 0. The number of aryl methyl sites for hydroxylation is 1. The maximum Gasteiger partial charge on any atom is 0.333 e. The zero-order valence-corrected chi connectivity index (χ0v) is 16.0. The summed E-state index contributed by atoms with van der Waals surface area (Å²) in [6.45, 7) is 6.05. The van der Waals surface area contributed by atoms with E-state index in [1.165, 1.54) is 49.0 Å². The summed E-state index contributed by atoms with van der Waals surface area (Å²) in [4.78, 5) is 15.3. The molecule has 2 aromatic carbocycles. The van der Waals surface area contributed by atoms with Crippen LogP contribution in [0.3, 0.4) is 0 Å². The van der Waals surface area contributed by atoms with Crippen molar-refractivity contribution < 1.29 is 0 Å². The SMILES string of the molecule is Cc1ccc(-n2ccn(Cc3cccc(CN4CCCCC4)c3)c2=O)cc1. The average Bonchev–Trinajstić information content (AvgIpc) is 3.04. The van der Waals surface area contributed by atoms with Gasteiger partial charge in [-0.1, -0.05) is 48.4 Å². The predicted octanol–water partition coefficient (Wildman–Crippen LogP) is 3.98. The number of imidazole rings is 1. The van der Waals surface area contributed by atoms with Crippen LogP contribution in [0.1, 0.15) is 36.0 Å². The van der Waals surface area contributed by atoms with Gasteiger partial charge in [-0.05, 0) is 56.1 Å². The van der Waals surface area contributed by atoms with Crippen molar-refractivity contribution in [2.75, 3.05) is 13.1 Å². The highest BCUT2D eigenvalue weighted by Crippen LogP contribution is 2.15. The van der Waals surface area contributed by atoms with E-state index < -0.39 is 0 Å². The largest absolute Gasteiger partial charge is 0.333 e. The van der Waals surface area contributed by atoms with E-state index in [9.17, 15) is 4.79 Å². The third kappa shape index (κ3) is 4.22. The molecule has 27 heavy (non-hydrogen) atoms. The standard InChI is InChI=1S/C23H27N3O/c1-19-8-10-22(11-9-19)26-15-14-25(23(26)27)18-21-7-5-6-20(16-21)17-24-12-3-2-4-13-24/h5-11,14-16H,2-4,12-13,17-18H2,1H3. The van der Waals surface area contributed by atoms with Crippen molar-refractivity contribution >= 4 is 0 Å². The molecule has 0 aliphatic carbocycles. The molecule has 0 saturated carbocycles. The van der Waals surface area contributed by atoms with E-state index in [4.69, 9.17) is 0 Å². The quantitative estimate of drug-likeness (QED) is 0.688. The highest BCUT2D eigenvalue weighted by molar-refractivity contribution is 5.34. The van der Waals surface area contributed by atoms with Gasteiger partial charge >= 0.3 is 5.69 Å². The summed E-state index contributed by atoms with van der Waals surface area (Å²) in [5.41, 5.74) is 4.61. The molecule has 4 nitrogen and oxygen atoms in total. The van der Waals surface area contributed by atoms with Gasteiger partial charge in [0.15, 0.2) is 0 Å². The van der Waals surface area contributed by atoms with Crippen molar-refractivity contribution in [3.05, 3.63) is 88.1 Å². The van der Waals surface area contributed by atoms with Gasteiger partial charge < -0.3 is 0 Å². The molecule has 0 atom stereocenters. The number of aromatic nitrogens is 2. The molecule has 1 aromatic heterocycles. The van der Waals surface area contributed by atoms with Gasteiger partial charge in [-0.15, -0.1) is 0 Å². The van der Waals surface area contributed by atoms with Crippen molar-refractivity contribution in [1.29, 1.82) is 0 Å². The number of rotatable bonds is 5. The zero-order valence-electron chi connectivity index (χ0n) is 16.0. The van der Waals surface area contributed by atoms with E-state index in [-0.39, 0.29) is 5.69 Å². The van der Waals surface area contributed by atoms with E-state index in [0.29, 0.717) is 6.54 Å². The summed E-state index contributed by atoms with van der Waals surface area (Å²) in [5.74, 6) is 0. The van der Waals surface area contributed by atoms with Crippen LogP contribution in [-0.2, 0) is 13.1 Å². The highest BCUT2D eigenvalue weighted by atomic mass is 16.1. The molecule has 0 unspecified atom stereocenters. The second-order valence-electron chi connectivity index (χ2n) is 7.57. The number of nitrogens with zero attached hydrogens (tertiary/aromatic N) is 3. The van der Waals surface area contributed by atoms with E-state index in [2.05, 4.69) is 36.1 Å². The van der Waals surface area contributed by atoms with Gasteiger partial charge in [-0.3, -0.25) is 14.0 Å². The lowest BCUT2D eigenvalue weighted by Crippen LogP contribution is -2.29. The minimum atomic E-state index is 0.000265. The summed E-state index contributed by atoms with van der Waals surface area (Å²) < 4.78 is 3.48. The molecule has 4 rings (SSSR count). The fraction of sp³-hybridized carbons (Fsp3) is 0.348. The van der Waals surface area contributed by atoms with Crippen LogP contribution in [0.2, 0.25) is 0 Å². The smallest absolute Gasteiger partial charge is 0.299 e. The Balaban J connectivity index is 1.50.